The molecular formula is C24H26N6O3S. The van der Waals surface area contributed by atoms with Crippen molar-refractivity contribution >= 4 is 29.0 Å². The van der Waals surface area contributed by atoms with E-state index in [4.69, 9.17) is 4.42 Å². The van der Waals surface area contributed by atoms with Crippen LogP contribution in [0.1, 0.15) is 36.9 Å². The number of pyridine rings is 1. The fourth-order valence-corrected chi connectivity index (χ4v) is 5.01. The van der Waals surface area contributed by atoms with Crippen molar-refractivity contribution in [2.45, 2.75) is 50.5 Å². The standard InChI is InChI=1S/C24H26N6O3S/c31-22-20(34-24(32)30-22)12-19-7-10-26-23(29-19)28-18-5-3-17(4-6-18)27-13-15-2-1-9-25-21(15)16-8-11-33-14-16/h1-2,7-12,14,17-18,22,27,31H,3-6,13H2,(H,30,32)(H,26,28,29)/b20-12-/t17-,18-,22?. The number of amides is 1. The van der Waals surface area contributed by atoms with Crippen LogP contribution in [0.2, 0.25) is 0 Å². The number of thioether (sulfide) groups is 1. The molecule has 1 unspecified atom stereocenters. The van der Waals surface area contributed by atoms with Gasteiger partial charge in [0.15, 0.2) is 6.23 Å². The molecule has 1 amide bonds. The molecule has 1 aliphatic heterocycles. The van der Waals surface area contributed by atoms with Gasteiger partial charge in [-0.15, -0.1) is 0 Å². The number of carbonyl (C=O) groups is 1. The van der Waals surface area contributed by atoms with E-state index in [0.29, 0.717) is 28.6 Å². The maximum Gasteiger partial charge on any atom is 0.285 e. The van der Waals surface area contributed by atoms with E-state index in [1.165, 1.54) is 0 Å². The van der Waals surface area contributed by atoms with Gasteiger partial charge in [0.1, 0.15) is 0 Å². The maximum absolute atomic E-state index is 11.4. The van der Waals surface area contributed by atoms with Crippen LogP contribution in [0, 0.1) is 0 Å². The largest absolute Gasteiger partial charge is 0.472 e. The fraction of sp³-hybridized carbons (Fsp3) is 0.333. The van der Waals surface area contributed by atoms with Gasteiger partial charge in [0.25, 0.3) is 5.24 Å². The number of aliphatic hydroxyl groups is 1. The lowest BCUT2D eigenvalue weighted by Crippen LogP contribution is -2.37. The van der Waals surface area contributed by atoms with Crippen LogP contribution in [-0.4, -0.2) is 43.6 Å². The second-order valence-corrected chi connectivity index (χ2v) is 9.43. The van der Waals surface area contributed by atoms with Gasteiger partial charge in [-0.05, 0) is 67.3 Å². The Morgan fingerprint density at radius 1 is 1.15 bits per heavy atom. The van der Waals surface area contributed by atoms with Crippen LogP contribution in [-0.2, 0) is 6.54 Å². The molecule has 1 aliphatic carbocycles. The first-order valence-corrected chi connectivity index (χ1v) is 12.1. The summed E-state index contributed by atoms with van der Waals surface area (Å²) in [4.78, 5) is 25.3. The highest BCUT2D eigenvalue weighted by Gasteiger charge is 2.26. The number of furan rings is 1. The Bertz CT molecular complexity index is 1160. The summed E-state index contributed by atoms with van der Waals surface area (Å²) < 4.78 is 5.22. The summed E-state index contributed by atoms with van der Waals surface area (Å²) in [5.74, 6) is 0.558. The molecule has 1 saturated carbocycles. The molecule has 34 heavy (non-hydrogen) atoms. The summed E-state index contributed by atoms with van der Waals surface area (Å²) in [5, 5.41) is 19.2. The second-order valence-electron chi connectivity index (χ2n) is 8.39. The number of aliphatic hydroxyl groups excluding tert-OH is 1. The zero-order chi connectivity index (χ0) is 23.3. The van der Waals surface area contributed by atoms with Crippen LogP contribution in [0.15, 0.2) is 58.5 Å². The summed E-state index contributed by atoms with van der Waals surface area (Å²) in [6.07, 6.45) is 11.7. The number of nitrogens with one attached hydrogen (secondary N) is 3. The van der Waals surface area contributed by atoms with Gasteiger partial charge in [-0.3, -0.25) is 9.78 Å². The van der Waals surface area contributed by atoms with Gasteiger partial charge < -0.3 is 25.5 Å². The van der Waals surface area contributed by atoms with Gasteiger partial charge in [-0.1, -0.05) is 6.07 Å². The molecule has 0 bridgehead atoms. The van der Waals surface area contributed by atoms with Crippen LogP contribution in [0.25, 0.3) is 17.3 Å². The number of hydrogen-bond donors (Lipinski definition) is 4. The molecule has 2 aliphatic rings. The first-order chi connectivity index (χ1) is 16.6. The first-order valence-electron chi connectivity index (χ1n) is 11.3. The molecule has 0 spiro atoms. The number of carbonyl (C=O) groups excluding carboxylic acids is 1. The number of anilines is 1. The van der Waals surface area contributed by atoms with Crippen molar-refractivity contribution in [3.8, 4) is 11.3 Å². The topological polar surface area (TPSA) is 125 Å². The monoisotopic (exact) mass is 478 g/mol. The highest BCUT2D eigenvalue weighted by Crippen LogP contribution is 2.28. The average Bonchev–Trinajstić information content (AvgIpc) is 3.49. The lowest BCUT2D eigenvalue weighted by Gasteiger charge is -2.30. The quantitative estimate of drug-likeness (QED) is 0.402. The molecule has 0 radical (unpaired) electrons. The number of aromatic nitrogens is 3. The minimum absolute atomic E-state index is 0.266. The van der Waals surface area contributed by atoms with E-state index in [-0.39, 0.29) is 5.24 Å². The van der Waals surface area contributed by atoms with Crippen molar-refractivity contribution in [1.82, 2.24) is 25.6 Å². The molecule has 3 aromatic heterocycles. The van der Waals surface area contributed by atoms with E-state index in [1.54, 1.807) is 37.1 Å². The molecule has 1 atom stereocenters. The Labute approximate surface area is 201 Å². The van der Waals surface area contributed by atoms with Crippen molar-refractivity contribution in [2.24, 2.45) is 0 Å². The lowest BCUT2D eigenvalue weighted by molar-refractivity contribution is 0.192. The van der Waals surface area contributed by atoms with E-state index in [2.05, 4.69) is 37.0 Å². The van der Waals surface area contributed by atoms with Crippen LogP contribution in [0.4, 0.5) is 10.7 Å². The van der Waals surface area contributed by atoms with E-state index in [1.807, 2.05) is 12.1 Å². The van der Waals surface area contributed by atoms with E-state index >= 15 is 0 Å². The normalized spacial score (nSPS) is 23.7. The summed E-state index contributed by atoms with van der Waals surface area (Å²) in [6, 6.07) is 8.50. The smallest absolute Gasteiger partial charge is 0.285 e. The molecule has 5 rings (SSSR count). The molecule has 3 aromatic rings. The van der Waals surface area contributed by atoms with Gasteiger partial charge in [0, 0.05) is 41.5 Å². The molecule has 9 nitrogen and oxygen atoms in total. The average molecular weight is 479 g/mol. The van der Waals surface area contributed by atoms with Crippen molar-refractivity contribution < 1.29 is 14.3 Å². The van der Waals surface area contributed by atoms with Crippen molar-refractivity contribution in [3.05, 3.63) is 65.3 Å². The predicted molar refractivity (Wildman–Crippen MR) is 131 cm³/mol. The zero-order valence-electron chi connectivity index (χ0n) is 18.5. The lowest BCUT2D eigenvalue weighted by atomic mass is 9.91. The Kier molecular flexibility index (Phi) is 6.89. The molecule has 176 valence electrons. The van der Waals surface area contributed by atoms with Crippen LogP contribution in [0.5, 0.6) is 0 Å². The van der Waals surface area contributed by atoms with E-state index < -0.39 is 6.23 Å². The minimum atomic E-state index is -0.978. The summed E-state index contributed by atoms with van der Waals surface area (Å²) >= 11 is 0.978. The third-order valence-corrected chi connectivity index (χ3v) is 6.91. The molecular weight excluding hydrogens is 452 g/mol. The van der Waals surface area contributed by atoms with Crippen LogP contribution < -0.4 is 16.0 Å². The van der Waals surface area contributed by atoms with Crippen molar-refractivity contribution in [1.29, 1.82) is 0 Å². The van der Waals surface area contributed by atoms with Gasteiger partial charge in [0.2, 0.25) is 5.95 Å². The first kappa shape index (κ1) is 22.6. The summed E-state index contributed by atoms with van der Waals surface area (Å²) in [5.41, 5.74) is 3.75. The Balaban J connectivity index is 1.13. The molecule has 10 heteroatoms. The fourth-order valence-electron chi connectivity index (χ4n) is 4.27. The second kappa shape index (κ2) is 10.4. The zero-order valence-corrected chi connectivity index (χ0v) is 19.3. The third-order valence-electron chi connectivity index (χ3n) is 6.03. The highest BCUT2D eigenvalue weighted by molar-refractivity contribution is 8.17. The Hall–Kier alpha value is -3.21. The van der Waals surface area contributed by atoms with Crippen LogP contribution in [0.3, 0.4) is 0 Å². The van der Waals surface area contributed by atoms with Gasteiger partial charge >= 0.3 is 0 Å². The summed E-state index contributed by atoms with van der Waals surface area (Å²) in [6.45, 7) is 0.762. The molecule has 1 saturated heterocycles. The minimum Gasteiger partial charge on any atom is -0.472 e. The highest BCUT2D eigenvalue weighted by atomic mass is 32.2. The van der Waals surface area contributed by atoms with E-state index in [9.17, 15) is 9.90 Å². The molecule has 2 fully saturated rings. The van der Waals surface area contributed by atoms with Crippen molar-refractivity contribution in [2.75, 3.05) is 5.32 Å². The van der Waals surface area contributed by atoms with Gasteiger partial charge in [-0.25, -0.2) is 9.97 Å². The Morgan fingerprint density at radius 3 is 2.76 bits per heavy atom. The van der Waals surface area contributed by atoms with Crippen LogP contribution >= 0.6 is 11.8 Å². The van der Waals surface area contributed by atoms with Crippen molar-refractivity contribution in [3.63, 3.8) is 0 Å². The molecule has 4 N–H and O–H groups in total. The molecule has 4 heterocycles. The maximum atomic E-state index is 11.4. The van der Waals surface area contributed by atoms with E-state index in [0.717, 1.165) is 60.8 Å². The SMILES string of the molecule is O=C1NC(O)/C(=C/c2ccnc(N[C@H]3CC[C@H](NCc4cccnc4-c4ccoc4)CC3)n2)S1. The molecule has 0 aromatic carbocycles. The Morgan fingerprint density at radius 2 is 2.00 bits per heavy atom. The van der Waals surface area contributed by atoms with Gasteiger partial charge in [0.05, 0.1) is 23.9 Å². The number of hydrogen-bond acceptors (Lipinski definition) is 9. The predicted octanol–water partition coefficient (Wildman–Crippen LogP) is 3.76. The number of rotatable bonds is 7. The van der Waals surface area contributed by atoms with Gasteiger partial charge in [-0.2, -0.15) is 0 Å². The number of nitrogens with zero attached hydrogens (tertiary/aromatic N) is 3. The third kappa shape index (κ3) is 5.46. The summed E-state index contributed by atoms with van der Waals surface area (Å²) in [7, 11) is 0.